The molecule has 1 atom stereocenters. The summed E-state index contributed by atoms with van der Waals surface area (Å²) in [7, 11) is -4.19. The van der Waals surface area contributed by atoms with Gasteiger partial charge in [0.05, 0.1) is 5.37 Å². The molecule has 1 N–H and O–H groups in total. The normalized spacial score (nSPS) is 13.0. The molecule has 0 saturated heterocycles. The summed E-state index contributed by atoms with van der Waals surface area (Å²) in [4.78, 5) is 0. The molecule has 0 amide bonds. The summed E-state index contributed by atoms with van der Waals surface area (Å²) >= 11 is 0. The molecule has 0 aliphatic carbocycles. The Kier molecular flexibility index (Phi) is 23.5. The van der Waals surface area contributed by atoms with Gasteiger partial charge in [-0.3, -0.25) is 0 Å². The number of allylic oxidation sites excluding steroid dienone is 2. The van der Waals surface area contributed by atoms with Crippen molar-refractivity contribution >= 4 is 10.1 Å². The molecule has 4 nitrogen and oxygen atoms in total. The first-order valence-electron chi connectivity index (χ1n) is 10.8. The smallest absolute Gasteiger partial charge is 0.747 e. The standard InChI is InChI=1S/C21H43NO3S.Na/c1-3-4-5-6-7-8-9-10-11-12-13-14-15-16-17-18-19-20-22-21(2)26(23,24)25;/h10-11,21-22H,3-9,12-20H2,1-2H3,(H,23,24,25);/q;+1/p-1/b11-10-;. The Labute approximate surface area is 191 Å². The summed E-state index contributed by atoms with van der Waals surface area (Å²) in [5.41, 5.74) is 0. The van der Waals surface area contributed by atoms with Crippen molar-refractivity contribution in [2.75, 3.05) is 6.54 Å². The fourth-order valence-electron chi connectivity index (χ4n) is 2.96. The first kappa shape index (κ1) is 29.8. The van der Waals surface area contributed by atoms with Crippen LogP contribution >= 0.6 is 0 Å². The molecule has 0 saturated carbocycles. The van der Waals surface area contributed by atoms with Gasteiger partial charge in [-0.2, -0.15) is 0 Å². The Morgan fingerprint density at radius 2 is 1.19 bits per heavy atom. The number of hydrogen-bond donors (Lipinski definition) is 1. The molecule has 0 aliphatic heterocycles. The third kappa shape index (κ3) is 22.8. The zero-order chi connectivity index (χ0) is 19.5. The summed E-state index contributed by atoms with van der Waals surface area (Å²) in [5, 5.41) is 1.79. The van der Waals surface area contributed by atoms with Crippen LogP contribution in [0, 0.1) is 0 Å². The first-order valence-corrected chi connectivity index (χ1v) is 12.3. The van der Waals surface area contributed by atoms with Crippen LogP contribution in [0.25, 0.3) is 0 Å². The van der Waals surface area contributed by atoms with Crippen LogP contribution in [-0.4, -0.2) is 24.9 Å². The minimum atomic E-state index is -4.19. The number of hydrogen-bond acceptors (Lipinski definition) is 4. The van der Waals surface area contributed by atoms with Crippen LogP contribution in [0.3, 0.4) is 0 Å². The summed E-state index contributed by atoms with van der Waals surface area (Å²) in [5.74, 6) is 0. The van der Waals surface area contributed by atoms with Gasteiger partial charge in [-0.15, -0.1) is 0 Å². The molecular formula is C21H42NNaO3S. The predicted molar refractivity (Wildman–Crippen MR) is 111 cm³/mol. The van der Waals surface area contributed by atoms with E-state index >= 15 is 0 Å². The molecule has 0 heterocycles. The maximum absolute atomic E-state index is 10.7. The van der Waals surface area contributed by atoms with Gasteiger partial charge < -0.3 is 9.87 Å². The monoisotopic (exact) mass is 411 g/mol. The van der Waals surface area contributed by atoms with E-state index < -0.39 is 15.5 Å². The Hall–Kier alpha value is 0.610. The van der Waals surface area contributed by atoms with E-state index in [2.05, 4.69) is 24.4 Å². The van der Waals surface area contributed by atoms with Crippen LogP contribution in [0.15, 0.2) is 12.2 Å². The molecular weight excluding hydrogens is 369 g/mol. The maximum Gasteiger partial charge on any atom is 1.00 e. The van der Waals surface area contributed by atoms with Gasteiger partial charge in [0.15, 0.2) is 0 Å². The van der Waals surface area contributed by atoms with Crippen molar-refractivity contribution < 1.29 is 42.5 Å². The van der Waals surface area contributed by atoms with Crippen molar-refractivity contribution in [3.05, 3.63) is 12.2 Å². The molecule has 1 unspecified atom stereocenters. The largest absolute Gasteiger partial charge is 1.00 e. The van der Waals surface area contributed by atoms with Gasteiger partial charge >= 0.3 is 29.6 Å². The molecule has 27 heavy (non-hydrogen) atoms. The minimum absolute atomic E-state index is 0. The minimum Gasteiger partial charge on any atom is -0.747 e. The second kappa shape index (κ2) is 21.3. The van der Waals surface area contributed by atoms with Crippen LogP contribution in [-0.2, 0) is 10.1 Å². The van der Waals surface area contributed by atoms with Gasteiger partial charge in [-0.1, -0.05) is 83.3 Å². The molecule has 0 aliphatic rings. The van der Waals surface area contributed by atoms with E-state index in [1.165, 1.54) is 90.4 Å². The summed E-state index contributed by atoms with van der Waals surface area (Å²) < 4.78 is 32.2. The fraction of sp³-hybridized carbons (Fsp3) is 0.905. The van der Waals surface area contributed by atoms with E-state index in [1.54, 1.807) is 0 Å². The summed E-state index contributed by atoms with van der Waals surface area (Å²) in [6, 6.07) is 0. The molecule has 0 aromatic heterocycles. The number of unbranched alkanes of at least 4 members (excludes halogenated alkanes) is 13. The van der Waals surface area contributed by atoms with E-state index in [4.69, 9.17) is 0 Å². The van der Waals surface area contributed by atoms with E-state index in [-0.39, 0.29) is 29.6 Å². The van der Waals surface area contributed by atoms with Gasteiger partial charge in [-0.25, -0.2) is 8.42 Å². The molecule has 156 valence electrons. The van der Waals surface area contributed by atoms with Gasteiger partial charge in [0.2, 0.25) is 0 Å². The van der Waals surface area contributed by atoms with E-state index in [1.807, 2.05) is 0 Å². The molecule has 0 spiro atoms. The first-order chi connectivity index (χ1) is 12.5. The topological polar surface area (TPSA) is 69.2 Å². The molecule has 0 fully saturated rings. The maximum atomic E-state index is 10.7. The summed E-state index contributed by atoms with van der Waals surface area (Å²) in [6.45, 7) is 4.27. The van der Waals surface area contributed by atoms with Crippen molar-refractivity contribution in [3.63, 3.8) is 0 Å². The molecule has 6 heteroatoms. The van der Waals surface area contributed by atoms with Crippen LogP contribution < -0.4 is 34.9 Å². The van der Waals surface area contributed by atoms with Crippen molar-refractivity contribution in [3.8, 4) is 0 Å². The molecule has 0 aromatic rings. The molecule has 0 radical (unpaired) electrons. The quantitative estimate of drug-likeness (QED) is 0.154. The van der Waals surface area contributed by atoms with Crippen LogP contribution in [0.5, 0.6) is 0 Å². The van der Waals surface area contributed by atoms with Crippen molar-refractivity contribution in [1.82, 2.24) is 5.32 Å². The van der Waals surface area contributed by atoms with Crippen LogP contribution in [0.4, 0.5) is 0 Å². The third-order valence-corrected chi connectivity index (χ3v) is 5.84. The van der Waals surface area contributed by atoms with Gasteiger partial charge in [0, 0.05) is 0 Å². The Morgan fingerprint density at radius 3 is 1.63 bits per heavy atom. The van der Waals surface area contributed by atoms with Crippen molar-refractivity contribution in [2.45, 2.75) is 116 Å². The van der Waals surface area contributed by atoms with Crippen LogP contribution in [0.2, 0.25) is 0 Å². The fourth-order valence-corrected chi connectivity index (χ4v) is 3.28. The van der Waals surface area contributed by atoms with Crippen molar-refractivity contribution in [1.29, 1.82) is 0 Å². The summed E-state index contributed by atoms with van der Waals surface area (Å²) in [6.07, 6.45) is 23.7. The Bertz CT molecular complexity index is 427. The van der Waals surface area contributed by atoms with E-state index in [0.29, 0.717) is 6.54 Å². The van der Waals surface area contributed by atoms with Crippen molar-refractivity contribution in [2.24, 2.45) is 0 Å². The molecule has 0 aromatic carbocycles. The van der Waals surface area contributed by atoms with Gasteiger partial charge in [-0.05, 0) is 45.6 Å². The van der Waals surface area contributed by atoms with Crippen LogP contribution in [0.1, 0.15) is 110 Å². The zero-order valence-corrected chi connectivity index (χ0v) is 21.0. The molecule has 0 bridgehead atoms. The average molecular weight is 412 g/mol. The third-order valence-electron chi connectivity index (χ3n) is 4.80. The zero-order valence-electron chi connectivity index (χ0n) is 18.2. The Balaban J connectivity index is 0. The second-order valence-corrected chi connectivity index (χ2v) is 9.07. The second-order valence-electron chi connectivity index (χ2n) is 7.38. The van der Waals surface area contributed by atoms with Gasteiger partial charge in [0.25, 0.3) is 0 Å². The van der Waals surface area contributed by atoms with Gasteiger partial charge in [0.1, 0.15) is 10.1 Å². The average Bonchev–Trinajstić information content (AvgIpc) is 2.59. The predicted octanol–water partition coefficient (Wildman–Crippen LogP) is 2.90. The van der Waals surface area contributed by atoms with E-state index in [0.717, 1.165) is 12.8 Å². The SMILES string of the molecule is CCCCCCCC/C=C\CCCCCCCCCNC(C)S(=O)(=O)[O-].[Na+]. The number of nitrogens with one attached hydrogen (secondary N) is 1. The number of rotatable bonds is 19. The van der Waals surface area contributed by atoms with E-state index in [9.17, 15) is 13.0 Å². The Morgan fingerprint density at radius 1 is 0.778 bits per heavy atom. The molecule has 0 rings (SSSR count).